The van der Waals surface area contributed by atoms with Gasteiger partial charge in [-0.05, 0) is 44.5 Å². The van der Waals surface area contributed by atoms with Crippen molar-refractivity contribution in [1.29, 1.82) is 0 Å². The van der Waals surface area contributed by atoms with E-state index in [1.54, 1.807) is 0 Å². The average Bonchev–Trinajstić information content (AvgIpc) is 2.68. The van der Waals surface area contributed by atoms with Crippen molar-refractivity contribution in [1.82, 2.24) is 0 Å². The van der Waals surface area contributed by atoms with Gasteiger partial charge in [0.2, 0.25) is 0 Å². The van der Waals surface area contributed by atoms with E-state index in [2.05, 4.69) is 105 Å². The maximum Gasteiger partial charge on any atom is -0.00268 e. The lowest BCUT2D eigenvalue weighted by Crippen LogP contribution is -1.91. The highest BCUT2D eigenvalue weighted by Crippen LogP contribution is 2.38. The van der Waals surface area contributed by atoms with Crippen LogP contribution in [0.25, 0.3) is 33.0 Å². The molecule has 0 unspecified atom stereocenters. The quantitative estimate of drug-likeness (QED) is 0.371. The van der Waals surface area contributed by atoms with E-state index in [0.29, 0.717) is 5.92 Å². The summed E-state index contributed by atoms with van der Waals surface area (Å²) in [6.45, 7) is 4.50. The van der Waals surface area contributed by atoms with E-state index in [0.717, 1.165) is 0 Å². The largest absolute Gasteiger partial charge is 0.0622 e. The molecule has 0 bridgehead atoms. The highest BCUT2D eigenvalue weighted by atomic mass is 14.2. The molecule has 4 rings (SSSR count). The molecule has 0 saturated heterocycles. The summed E-state index contributed by atoms with van der Waals surface area (Å²) >= 11 is 0. The van der Waals surface area contributed by atoms with Gasteiger partial charge in [0.05, 0.1) is 0 Å². The van der Waals surface area contributed by atoms with Crippen molar-refractivity contribution in [3.63, 3.8) is 0 Å². The Labute approximate surface area is 149 Å². The highest BCUT2D eigenvalue weighted by Gasteiger charge is 2.12. The van der Waals surface area contributed by atoms with Crippen LogP contribution in [0.5, 0.6) is 0 Å². The first kappa shape index (κ1) is 15.7. The molecule has 0 radical (unpaired) electrons. The molecule has 25 heavy (non-hydrogen) atoms. The number of rotatable bonds is 3. The third-order valence-electron chi connectivity index (χ3n) is 4.86. The maximum atomic E-state index is 2.33. The molecule has 0 spiro atoms. The third-order valence-corrected chi connectivity index (χ3v) is 4.86. The van der Waals surface area contributed by atoms with Crippen LogP contribution in [-0.4, -0.2) is 0 Å². The smallest absolute Gasteiger partial charge is 0.00268 e. The Balaban J connectivity index is 2.04. The van der Waals surface area contributed by atoms with Gasteiger partial charge in [-0.2, -0.15) is 0 Å². The number of fused-ring (bicyclic) bond motifs is 1. The highest BCUT2D eigenvalue weighted by molar-refractivity contribution is 6.04. The van der Waals surface area contributed by atoms with Gasteiger partial charge in [0.1, 0.15) is 0 Å². The fourth-order valence-electron chi connectivity index (χ4n) is 3.48. The maximum absolute atomic E-state index is 2.33. The summed E-state index contributed by atoms with van der Waals surface area (Å²) in [6.07, 6.45) is 0. The van der Waals surface area contributed by atoms with E-state index in [1.807, 2.05) is 0 Å². The Bertz CT molecular complexity index is 996. The van der Waals surface area contributed by atoms with Gasteiger partial charge < -0.3 is 0 Å². The Morgan fingerprint density at radius 2 is 1.24 bits per heavy atom. The Morgan fingerprint density at radius 1 is 0.600 bits per heavy atom. The molecule has 0 fully saturated rings. The molecule has 4 aromatic rings. The van der Waals surface area contributed by atoms with Crippen molar-refractivity contribution in [3.05, 3.63) is 96.6 Å². The molecule has 0 amide bonds. The van der Waals surface area contributed by atoms with Crippen LogP contribution in [0.4, 0.5) is 0 Å². The molecule has 0 aliphatic carbocycles. The molecule has 0 nitrogen and oxygen atoms in total. The Morgan fingerprint density at radius 3 is 1.88 bits per heavy atom. The first-order valence-electron chi connectivity index (χ1n) is 8.91. The van der Waals surface area contributed by atoms with E-state index in [9.17, 15) is 0 Å². The molecule has 0 heterocycles. The van der Waals surface area contributed by atoms with E-state index in [-0.39, 0.29) is 0 Å². The molecule has 0 aromatic heterocycles. The summed E-state index contributed by atoms with van der Waals surface area (Å²) in [6, 6.07) is 32.8. The second-order valence-corrected chi connectivity index (χ2v) is 6.86. The lowest BCUT2D eigenvalue weighted by atomic mass is 9.88. The molecular formula is C25H22. The van der Waals surface area contributed by atoms with Crippen LogP contribution >= 0.6 is 0 Å². The van der Waals surface area contributed by atoms with Crippen molar-refractivity contribution in [2.75, 3.05) is 0 Å². The zero-order valence-electron chi connectivity index (χ0n) is 14.7. The summed E-state index contributed by atoms with van der Waals surface area (Å²) in [4.78, 5) is 0. The summed E-state index contributed by atoms with van der Waals surface area (Å²) in [5, 5.41) is 2.63. The number of hydrogen-bond donors (Lipinski definition) is 0. The first-order chi connectivity index (χ1) is 12.2. The van der Waals surface area contributed by atoms with Crippen LogP contribution in [0.2, 0.25) is 0 Å². The molecule has 0 atom stereocenters. The number of hydrogen-bond acceptors (Lipinski definition) is 0. The van der Waals surface area contributed by atoms with E-state index < -0.39 is 0 Å². The van der Waals surface area contributed by atoms with Crippen molar-refractivity contribution in [2.24, 2.45) is 0 Å². The zero-order valence-corrected chi connectivity index (χ0v) is 14.7. The molecule has 122 valence electrons. The van der Waals surface area contributed by atoms with Gasteiger partial charge in [-0.15, -0.1) is 0 Å². The first-order valence-corrected chi connectivity index (χ1v) is 8.91. The van der Waals surface area contributed by atoms with Gasteiger partial charge in [-0.3, -0.25) is 0 Å². The molecule has 0 aliphatic rings. The van der Waals surface area contributed by atoms with E-state index in [4.69, 9.17) is 0 Å². The van der Waals surface area contributed by atoms with E-state index in [1.165, 1.54) is 38.6 Å². The summed E-state index contributed by atoms with van der Waals surface area (Å²) < 4.78 is 0. The van der Waals surface area contributed by atoms with Crippen LogP contribution < -0.4 is 0 Å². The lowest BCUT2D eigenvalue weighted by molar-refractivity contribution is 0.869. The zero-order chi connectivity index (χ0) is 17.2. The van der Waals surface area contributed by atoms with Crippen LogP contribution in [-0.2, 0) is 0 Å². The fourth-order valence-corrected chi connectivity index (χ4v) is 3.48. The topological polar surface area (TPSA) is 0 Å². The van der Waals surface area contributed by atoms with Gasteiger partial charge in [-0.1, -0.05) is 105 Å². The molecule has 0 N–H and O–H groups in total. The second-order valence-electron chi connectivity index (χ2n) is 6.86. The molecule has 0 saturated carbocycles. The third kappa shape index (κ3) is 2.96. The molecule has 4 aromatic carbocycles. The van der Waals surface area contributed by atoms with Gasteiger partial charge in [0, 0.05) is 0 Å². The summed E-state index contributed by atoms with van der Waals surface area (Å²) in [7, 11) is 0. The normalized spacial score (nSPS) is 11.2. The number of benzene rings is 4. The molecule has 0 aliphatic heterocycles. The minimum atomic E-state index is 0.540. The van der Waals surface area contributed by atoms with Crippen molar-refractivity contribution >= 4 is 10.8 Å². The van der Waals surface area contributed by atoms with Crippen LogP contribution in [0.3, 0.4) is 0 Å². The van der Waals surface area contributed by atoms with Crippen LogP contribution in [0.1, 0.15) is 25.3 Å². The molecule has 0 heteroatoms. The second kappa shape index (κ2) is 6.57. The minimum Gasteiger partial charge on any atom is -0.0622 e. The average molecular weight is 322 g/mol. The summed E-state index contributed by atoms with van der Waals surface area (Å²) in [5.41, 5.74) is 6.52. The molecular weight excluding hydrogens is 300 g/mol. The predicted octanol–water partition coefficient (Wildman–Crippen LogP) is 7.30. The summed E-state index contributed by atoms with van der Waals surface area (Å²) in [5.74, 6) is 0.540. The van der Waals surface area contributed by atoms with Gasteiger partial charge in [0.25, 0.3) is 0 Å². The van der Waals surface area contributed by atoms with Crippen LogP contribution in [0.15, 0.2) is 91.0 Å². The Kier molecular flexibility index (Phi) is 4.11. The Hall–Kier alpha value is -2.86. The standard InChI is InChI=1S/C25H22/c1-18(2)21-13-15-24-22(17-21)14-16-23(19-9-5-3-6-10-19)25(24)20-11-7-4-8-12-20/h3-18H,1-2H3. The van der Waals surface area contributed by atoms with Gasteiger partial charge in [-0.25, -0.2) is 0 Å². The van der Waals surface area contributed by atoms with Gasteiger partial charge >= 0.3 is 0 Å². The van der Waals surface area contributed by atoms with Gasteiger partial charge in [0.15, 0.2) is 0 Å². The minimum absolute atomic E-state index is 0.540. The van der Waals surface area contributed by atoms with Crippen molar-refractivity contribution in [2.45, 2.75) is 19.8 Å². The fraction of sp³-hybridized carbons (Fsp3) is 0.120. The van der Waals surface area contributed by atoms with Crippen molar-refractivity contribution < 1.29 is 0 Å². The van der Waals surface area contributed by atoms with Crippen LogP contribution in [0, 0.1) is 0 Å². The van der Waals surface area contributed by atoms with Crippen molar-refractivity contribution in [3.8, 4) is 22.3 Å². The predicted molar refractivity (Wildman–Crippen MR) is 109 cm³/mol. The van der Waals surface area contributed by atoms with E-state index >= 15 is 0 Å². The monoisotopic (exact) mass is 322 g/mol. The lowest BCUT2D eigenvalue weighted by Gasteiger charge is -2.16. The SMILES string of the molecule is CC(C)c1ccc2c(-c3ccccc3)c(-c3ccccc3)ccc2c1.